The topological polar surface area (TPSA) is 88.1 Å². The third-order valence-electron chi connectivity index (χ3n) is 5.29. The number of hydrogen-bond donors (Lipinski definition) is 2. The molecule has 2 unspecified atom stereocenters. The Bertz CT molecular complexity index is 491. The SMILES string of the molecule is CCN(CC)CCCNC(=O)/C(=C\C1CC(OC)C(O)C(OC)C1)C(C)=O. The van der Waals surface area contributed by atoms with Crippen molar-refractivity contribution < 1.29 is 24.2 Å². The lowest BCUT2D eigenvalue weighted by Gasteiger charge is -2.36. The first kappa shape index (κ1) is 23.8. The van der Waals surface area contributed by atoms with Gasteiger partial charge in [0, 0.05) is 20.8 Å². The summed E-state index contributed by atoms with van der Waals surface area (Å²) in [6.07, 6.45) is 2.18. The molecule has 0 aromatic heterocycles. The molecule has 0 saturated heterocycles. The van der Waals surface area contributed by atoms with Gasteiger partial charge in [0.05, 0.1) is 17.8 Å². The lowest BCUT2D eigenvalue weighted by molar-refractivity contribution is -0.123. The van der Waals surface area contributed by atoms with E-state index in [0.717, 1.165) is 26.1 Å². The Labute approximate surface area is 163 Å². The minimum absolute atomic E-state index is 0.0661. The van der Waals surface area contributed by atoms with Gasteiger partial charge in [0.1, 0.15) is 6.10 Å². The summed E-state index contributed by atoms with van der Waals surface area (Å²) in [5, 5.41) is 13.1. The Kier molecular flexibility index (Phi) is 10.8. The van der Waals surface area contributed by atoms with Crippen molar-refractivity contribution in [2.24, 2.45) is 5.92 Å². The van der Waals surface area contributed by atoms with Gasteiger partial charge in [-0.1, -0.05) is 19.9 Å². The molecule has 156 valence electrons. The van der Waals surface area contributed by atoms with Crippen molar-refractivity contribution >= 4 is 11.7 Å². The highest BCUT2D eigenvalue weighted by Gasteiger charge is 2.37. The van der Waals surface area contributed by atoms with E-state index in [1.165, 1.54) is 6.92 Å². The number of ketones is 1. The quantitative estimate of drug-likeness (QED) is 0.240. The highest BCUT2D eigenvalue weighted by atomic mass is 16.5. The van der Waals surface area contributed by atoms with Gasteiger partial charge in [0.25, 0.3) is 5.91 Å². The fourth-order valence-electron chi connectivity index (χ4n) is 3.55. The molecule has 7 heteroatoms. The molecular weight excluding hydrogens is 348 g/mol. The van der Waals surface area contributed by atoms with Crippen molar-refractivity contribution in [3.05, 3.63) is 11.6 Å². The van der Waals surface area contributed by atoms with Gasteiger partial charge < -0.3 is 24.8 Å². The summed E-state index contributed by atoms with van der Waals surface area (Å²) in [7, 11) is 3.09. The zero-order valence-electron chi connectivity index (χ0n) is 17.4. The highest BCUT2D eigenvalue weighted by Crippen LogP contribution is 2.30. The Morgan fingerprint density at radius 3 is 2.15 bits per heavy atom. The van der Waals surface area contributed by atoms with Crippen LogP contribution in [0.25, 0.3) is 0 Å². The number of aliphatic hydroxyl groups is 1. The third kappa shape index (κ3) is 7.33. The van der Waals surface area contributed by atoms with E-state index in [1.54, 1.807) is 20.3 Å². The van der Waals surface area contributed by atoms with Crippen molar-refractivity contribution in [1.29, 1.82) is 0 Å². The molecule has 1 amide bonds. The number of carbonyl (C=O) groups excluding carboxylic acids is 2. The summed E-state index contributed by atoms with van der Waals surface area (Å²) < 4.78 is 10.7. The summed E-state index contributed by atoms with van der Waals surface area (Å²) in [4.78, 5) is 26.8. The van der Waals surface area contributed by atoms with Crippen LogP contribution >= 0.6 is 0 Å². The van der Waals surface area contributed by atoms with Crippen LogP contribution in [0.4, 0.5) is 0 Å². The van der Waals surface area contributed by atoms with Gasteiger partial charge >= 0.3 is 0 Å². The summed E-state index contributed by atoms with van der Waals surface area (Å²) in [5.74, 6) is -0.662. The highest BCUT2D eigenvalue weighted by molar-refractivity contribution is 6.18. The number of Topliss-reactive ketones (excluding diaryl/α,β-unsaturated/α-hetero) is 1. The summed E-state index contributed by atoms with van der Waals surface area (Å²) >= 11 is 0. The molecule has 0 heterocycles. The van der Waals surface area contributed by atoms with E-state index in [1.807, 2.05) is 0 Å². The van der Waals surface area contributed by atoms with E-state index in [2.05, 4.69) is 24.1 Å². The lowest BCUT2D eigenvalue weighted by Crippen LogP contribution is -2.46. The molecule has 1 rings (SSSR count). The largest absolute Gasteiger partial charge is 0.388 e. The Morgan fingerprint density at radius 2 is 1.70 bits per heavy atom. The van der Waals surface area contributed by atoms with E-state index in [0.29, 0.717) is 19.4 Å². The minimum Gasteiger partial charge on any atom is -0.388 e. The minimum atomic E-state index is -0.709. The van der Waals surface area contributed by atoms with Crippen LogP contribution < -0.4 is 5.32 Å². The number of nitrogens with one attached hydrogen (secondary N) is 1. The maximum atomic E-state index is 12.5. The van der Waals surface area contributed by atoms with Crippen molar-refractivity contribution in [2.45, 2.75) is 58.3 Å². The van der Waals surface area contributed by atoms with Gasteiger partial charge in [-0.2, -0.15) is 0 Å². The average molecular weight is 385 g/mol. The lowest BCUT2D eigenvalue weighted by atomic mass is 9.81. The van der Waals surface area contributed by atoms with Crippen LogP contribution in [-0.4, -0.2) is 80.4 Å². The van der Waals surface area contributed by atoms with Crippen LogP contribution in [0.2, 0.25) is 0 Å². The van der Waals surface area contributed by atoms with E-state index < -0.39 is 6.10 Å². The van der Waals surface area contributed by atoms with Gasteiger partial charge in [-0.3, -0.25) is 9.59 Å². The fourth-order valence-corrected chi connectivity index (χ4v) is 3.55. The number of methoxy groups -OCH3 is 2. The van der Waals surface area contributed by atoms with Crippen LogP contribution in [0.1, 0.15) is 40.0 Å². The van der Waals surface area contributed by atoms with E-state index in [4.69, 9.17) is 9.47 Å². The van der Waals surface area contributed by atoms with Gasteiger partial charge in [0.15, 0.2) is 5.78 Å². The van der Waals surface area contributed by atoms with E-state index in [9.17, 15) is 14.7 Å². The number of allylic oxidation sites excluding steroid dienone is 1. The van der Waals surface area contributed by atoms with Gasteiger partial charge in [-0.15, -0.1) is 0 Å². The first-order valence-corrected chi connectivity index (χ1v) is 9.84. The van der Waals surface area contributed by atoms with Crippen LogP contribution in [0, 0.1) is 5.92 Å². The molecule has 1 aliphatic carbocycles. The van der Waals surface area contributed by atoms with Crippen molar-refractivity contribution in [3.63, 3.8) is 0 Å². The normalized spacial score (nSPS) is 26.3. The molecular formula is C20H36N2O5. The smallest absolute Gasteiger partial charge is 0.254 e. The maximum absolute atomic E-state index is 12.5. The number of amides is 1. The Balaban J connectivity index is 2.70. The molecule has 0 aliphatic heterocycles. The third-order valence-corrected chi connectivity index (χ3v) is 5.29. The zero-order chi connectivity index (χ0) is 20.4. The van der Waals surface area contributed by atoms with Crippen molar-refractivity contribution in [2.75, 3.05) is 40.4 Å². The molecule has 27 heavy (non-hydrogen) atoms. The second-order valence-electron chi connectivity index (χ2n) is 7.04. The zero-order valence-corrected chi connectivity index (χ0v) is 17.4. The predicted molar refractivity (Wildman–Crippen MR) is 105 cm³/mol. The molecule has 1 aliphatic rings. The number of ether oxygens (including phenoxy) is 2. The van der Waals surface area contributed by atoms with Gasteiger partial charge in [-0.05, 0) is 51.7 Å². The monoisotopic (exact) mass is 384 g/mol. The Morgan fingerprint density at radius 1 is 1.15 bits per heavy atom. The standard InChI is InChI=1S/C20H36N2O5/c1-6-22(7-2)10-8-9-21-20(25)16(14(3)23)11-15-12-17(26-4)19(24)18(13-15)27-5/h11,15,17-19,24H,6-10,12-13H2,1-5H3,(H,21,25)/b16-11-. The summed E-state index contributed by atoms with van der Waals surface area (Å²) in [5.41, 5.74) is 0.170. The molecule has 0 bridgehead atoms. The summed E-state index contributed by atoms with van der Waals surface area (Å²) in [6.45, 7) is 9.04. The molecule has 0 aromatic rings. The molecule has 0 spiro atoms. The Hall–Kier alpha value is -1.28. The molecule has 1 saturated carbocycles. The van der Waals surface area contributed by atoms with Crippen LogP contribution in [0.3, 0.4) is 0 Å². The van der Waals surface area contributed by atoms with Crippen LogP contribution in [-0.2, 0) is 19.1 Å². The molecule has 0 aromatic carbocycles. The van der Waals surface area contributed by atoms with Crippen molar-refractivity contribution in [3.8, 4) is 0 Å². The van der Waals surface area contributed by atoms with E-state index in [-0.39, 0.29) is 35.4 Å². The molecule has 2 N–H and O–H groups in total. The van der Waals surface area contributed by atoms with Crippen LogP contribution in [0.15, 0.2) is 11.6 Å². The number of hydrogen-bond acceptors (Lipinski definition) is 6. The molecule has 2 atom stereocenters. The van der Waals surface area contributed by atoms with Gasteiger partial charge in [0.2, 0.25) is 0 Å². The first-order valence-electron chi connectivity index (χ1n) is 9.84. The number of nitrogens with zero attached hydrogens (tertiary/aromatic N) is 1. The summed E-state index contributed by atoms with van der Waals surface area (Å²) in [6, 6.07) is 0. The maximum Gasteiger partial charge on any atom is 0.254 e. The number of carbonyl (C=O) groups is 2. The van der Waals surface area contributed by atoms with Gasteiger partial charge in [-0.25, -0.2) is 0 Å². The van der Waals surface area contributed by atoms with E-state index >= 15 is 0 Å². The molecule has 0 radical (unpaired) electrons. The molecule has 1 fully saturated rings. The first-order chi connectivity index (χ1) is 12.9. The van der Waals surface area contributed by atoms with Crippen molar-refractivity contribution in [1.82, 2.24) is 10.2 Å². The average Bonchev–Trinajstić information content (AvgIpc) is 2.66. The molecule has 7 nitrogen and oxygen atoms in total. The fraction of sp³-hybridized carbons (Fsp3) is 0.800. The second-order valence-corrected chi connectivity index (χ2v) is 7.04. The number of rotatable bonds is 11. The van der Waals surface area contributed by atoms with Crippen LogP contribution in [0.5, 0.6) is 0 Å². The second kappa shape index (κ2) is 12.2. The number of aliphatic hydroxyl groups excluding tert-OH is 1. The predicted octanol–water partition coefficient (Wildman–Crippen LogP) is 1.15.